The molecule has 27 heavy (non-hydrogen) atoms. The molecule has 0 spiro atoms. The molecule has 6 heteroatoms. The van der Waals surface area contributed by atoms with Crippen molar-refractivity contribution in [3.05, 3.63) is 59.0 Å². The smallest absolute Gasteiger partial charge is 0.415 e. The molecule has 0 bridgehead atoms. The molecular formula is C21H21NO5. The predicted molar refractivity (Wildman–Crippen MR) is 103 cm³/mol. The molecule has 0 fully saturated rings. The number of benzene rings is 2. The Labute approximate surface area is 156 Å². The first kappa shape index (κ1) is 18.5. The summed E-state index contributed by atoms with van der Waals surface area (Å²) in [4.78, 5) is 26.4. The molecule has 0 N–H and O–H groups in total. The van der Waals surface area contributed by atoms with Crippen LogP contribution in [0.2, 0.25) is 0 Å². The third kappa shape index (κ3) is 3.79. The fraction of sp³-hybridized carbons (Fsp3) is 0.238. The first-order valence-corrected chi connectivity index (χ1v) is 8.74. The highest BCUT2D eigenvalue weighted by Crippen LogP contribution is 2.24. The molecule has 0 radical (unpaired) electrons. The van der Waals surface area contributed by atoms with Gasteiger partial charge in [-0.1, -0.05) is 12.1 Å². The van der Waals surface area contributed by atoms with Crippen LogP contribution in [0.4, 0.5) is 4.79 Å². The van der Waals surface area contributed by atoms with Crippen LogP contribution in [0.1, 0.15) is 13.8 Å². The molecular weight excluding hydrogens is 346 g/mol. The first-order valence-electron chi connectivity index (χ1n) is 8.74. The maximum atomic E-state index is 12.8. The molecule has 2 aromatic carbocycles. The van der Waals surface area contributed by atoms with Gasteiger partial charge in [-0.2, -0.15) is 0 Å². The number of hydrogen-bond acceptors (Lipinski definition) is 5. The SMILES string of the molecule is CCN(CC)C(=O)Oc1ccc(-c2coc3cc(OC)ccc3c2=O)cc1. The van der Waals surface area contributed by atoms with Gasteiger partial charge in [0.1, 0.15) is 23.3 Å². The standard InChI is InChI=1S/C21H21NO5/c1-4-22(5-2)21(24)27-15-8-6-14(7-9-15)18-13-26-19-12-16(25-3)10-11-17(19)20(18)23/h6-13H,4-5H2,1-3H3. The van der Waals surface area contributed by atoms with E-state index in [4.69, 9.17) is 13.9 Å². The van der Waals surface area contributed by atoms with E-state index in [0.29, 0.717) is 46.7 Å². The molecule has 0 aliphatic rings. The van der Waals surface area contributed by atoms with Crippen molar-refractivity contribution in [2.75, 3.05) is 20.2 Å². The van der Waals surface area contributed by atoms with E-state index < -0.39 is 6.09 Å². The Morgan fingerprint density at radius 2 is 1.70 bits per heavy atom. The minimum absolute atomic E-state index is 0.133. The molecule has 0 aliphatic heterocycles. The Balaban J connectivity index is 1.88. The number of rotatable bonds is 5. The van der Waals surface area contributed by atoms with E-state index in [9.17, 15) is 9.59 Å². The molecule has 0 aliphatic carbocycles. The van der Waals surface area contributed by atoms with Crippen molar-refractivity contribution >= 4 is 17.1 Å². The third-order valence-electron chi connectivity index (χ3n) is 4.37. The fourth-order valence-corrected chi connectivity index (χ4v) is 2.78. The van der Waals surface area contributed by atoms with Gasteiger partial charge in [-0.05, 0) is 43.7 Å². The highest BCUT2D eigenvalue weighted by Gasteiger charge is 2.13. The second-order valence-electron chi connectivity index (χ2n) is 5.91. The maximum absolute atomic E-state index is 12.8. The van der Waals surface area contributed by atoms with Crippen molar-refractivity contribution in [3.8, 4) is 22.6 Å². The van der Waals surface area contributed by atoms with Gasteiger partial charge in [-0.25, -0.2) is 4.79 Å². The molecule has 1 amide bonds. The number of amides is 1. The van der Waals surface area contributed by atoms with E-state index in [-0.39, 0.29) is 5.43 Å². The zero-order chi connectivity index (χ0) is 19.4. The summed E-state index contributed by atoms with van der Waals surface area (Å²) in [5.74, 6) is 1.04. The number of ether oxygens (including phenoxy) is 2. The fourth-order valence-electron chi connectivity index (χ4n) is 2.78. The molecule has 6 nitrogen and oxygen atoms in total. The van der Waals surface area contributed by atoms with E-state index in [1.165, 1.54) is 6.26 Å². The highest BCUT2D eigenvalue weighted by atomic mass is 16.6. The van der Waals surface area contributed by atoms with Crippen LogP contribution in [-0.4, -0.2) is 31.2 Å². The van der Waals surface area contributed by atoms with Crippen LogP contribution in [-0.2, 0) is 0 Å². The number of hydrogen-bond donors (Lipinski definition) is 0. The Morgan fingerprint density at radius 1 is 1.04 bits per heavy atom. The Bertz CT molecular complexity index is 1000. The van der Waals surface area contributed by atoms with E-state index in [1.54, 1.807) is 54.5 Å². The third-order valence-corrected chi connectivity index (χ3v) is 4.37. The molecule has 1 aromatic heterocycles. The monoisotopic (exact) mass is 367 g/mol. The second kappa shape index (κ2) is 7.95. The van der Waals surface area contributed by atoms with Crippen LogP contribution in [0.5, 0.6) is 11.5 Å². The number of carbonyl (C=O) groups is 1. The lowest BCUT2D eigenvalue weighted by Gasteiger charge is -2.17. The minimum Gasteiger partial charge on any atom is -0.497 e. The van der Waals surface area contributed by atoms with Gasteiger partial charge in [0, 0.05) is 19.2 Å². The summed E-state index contributed by atoms with van der Waals surface area (Å²) in [5.41, 5.74) is 1.46. The zero-order valence-electron chi connectivity index (χ0n) is 15.5. The van der Waals surface area contributed by atoms with Crippen molar-refractivity contribution in [2.24, 2.45) is 0 Å². The van der Waals surface area contributed by atoms with Crippen molar-refractivity contribution in [2.45, 2.75) is 13.8 Å². The molecule has 1 heterocycles. The average Bonchev–Trinajstić information content (AvgIpc) is 2.69. The van der Waals surface area contributed by atoms with Crippen LogP contribution >= 0.6 is 0 Å². The normalized spacial score (nSPS) is 10.6. The van der Waals surface area contributed by atoms with Gasteiger partial charge in [0.25, 0.3) is 0 Å². The van der Waals surface area contributed by atoms with Crippen molar-refractivity contribution in [1.82, 2.24) is 4.90 Å². The number of nitrogens with zero attached hydrogens (tertiary/aromatic N) is 1. The summed E-state index contributed by atoms with van der Waals surface area (Å²) in [6.45, 7) is 4.94. The second-order valence-corrected chi connectivity index (χ2v) is 5.91. The van der Waals surface area contributed by atoms with Crippen LogP contribution in [0, 0.1) is 0 Å². The number of methoxy groups -OCH3 is 1. The lowest BCUT2D eigenvalue weighted by Crippen LogP contribution is -2.33. The molecule has 0 atom stereocenters. The lowest BCUT2D eigenvalue weighted by molar-refractivity contribution is 0.157. The molecule has 0 unspecified atom stereocenters. The number of carbonyl (C=O) groups excluding carboxylic acids is 1. The van der Waals surface area contributed by atoms with Gasteiger partial charge < -0.3 is 18.8 Å². The zero-order valence-corrected chi connectivity index (χ0v) is 15.5. The van der Waals surface area contributed by atoms with E-state index in [1.807, 2.05) is 13.8 Å². The first-order chi connectivity index (χ1) is 13.1. The summed E-state index contributed by atoms with van der Waals surface area (Å²) in [6, 6.07) is 11.9. The summed E-state index contributed by atoms with van der Waals surface area (Å²) < 4.78 is 16.1. The Morgan fingerprint density at radius 3 is 2.33 bits per heavy atom. The highest BCUT2D eigenvalue weighted by molar-refractivity contribution is 5.82. The maximum Gasteiger partial charge on any atom is 0.415 e. The Hall–Kier alpha value is -3.28. The average molecular weight is 367 g/mol. The lowest BCUT2D eigenvalue weighted by atomic mass is 10.1. The molecule has 0 saturated heterocycles. The summed E-state index contributed by atoms with van der Waals surface area (Å²) in [7, 11) is 1.56. The summed E-state index contributed by atoms with van der Waals surface area (Å²) in [6.07, 6.45) is 1.04. The molecule has 3 rings (SSSR count). The van der Waals surface area contributed by atoms with Crippen LogP contribution in [0.15, 0.2) is 57.9 Å². The summed E-state index contributed by atoms with van der Waals surface area (Å²) >= 11 is 0. The van der Waals surface area contributed by atoms with E-state index in [0.717, 1.165) is 0 Å². The van der Waals surface area contributed by atoms with Gasteiger partial charge in [0.15, 0.2) is 5.43 Å². The van der Waals surface area contributed by atoms with Gasteiger partial charge in [-0.15, -0.1) is 0 Å². The molecule has 0 saturated carbocycles. The molecule has 140 valence electrons. The van der Waals surface area contributed by atoms with Crippen molar-refractivity contribution in [1.29, 1.82) is 0 Å². The van der Waals surface area contributed by atoms with Gasteiger partial charge in [0.05, 0.1) is 18.1 Å². The predicted octanol–water partition coefficient (Wildman–Crippen LogP) is 4.31. The van der Waals surface area contributed by atoms with E-state index >= 15 is 0 Å². The van der Waals surface area contributed by atoms with Crippen LogP contribution < -0.4 is 14.9 Å². The van der Waals surface area contributed by atoms with Gasteiger partial charge in [-0.3, -0.25) is 4.79 Å². The summed E-state index contributed by atoms with van der Waals surface area (Å²) in [5, 5.41) is 0.477. The Kier molecular flexibility index (Phi) is 5.45. The quantitative estimate of drug-likeness (QED) is 0.672. The van der Waals surface area contributed by atoms with E-state index in [2.05, 4.69) is 0 Å². The minimum atomic E-state index is -0.396. The molecule has 3 aromatic rings. The van der Waals surface area contributed by atoms with Crippen molar-refractivity contribution < 1.29 is 18.7 Å². The van der Waals surface area contributed by atoms with Gasteiger partial charge >= 0.3 is 6.09 Å². The van der Waals surface area contributed by atoms with Crippen molar-refractivity contribution in [3.63, 3.8) is 0 Å². The topological polar surface area (TPSA) is 69.0 Å². The van der Waals surface area contributed by atoms with Crippen LogP contribution in [0.25, 0.3) is 22.1 Å². The van der Waals surface area contributed by atoms with Gasteiger partial charge in [0.2, 0.25) is 0 Å². The largest absolute Gasteiger partial charge is 0.497 e. The van der Waals surface area contributed by atoms with Crippen LogP contribution in [0.3, 0.4) is 0 Å². The number of fused-ring (bicyclic) bond motifs is 1.